The minimum atomic E-state index is -0.849. The molecule has 1 aromatic carbocycles. The average Bonchev–Trinajstić information content (AvgIpc) is 2.54. The molecule has 0 spiro atoms. The van der Waals surface area contributed by atoms with Crippen LogP contribution in [0.4, 0.5) is 5.69 Å². The summed E-state index contributed by atoms with van der Waals surface area (Å²) in [5.74, 6) is -0.849. The van der Waals surface area contributed by atoms with Crippen molar-refractivity contribution in [2.45, 2.75) is 6.42 Å². The summed E-state index contributed by atoms with van der Waals surface area (Å²) in [5.41, 5.74) is 1.24. The Morgan fingerprint density at radius 2 is 1.89 bits per heavy atom. The van der Waals surface area contributed by atoms with Crippen molar-refractivity contribution in [3.05, 3.63) is 29.8 Å². The van der Waals surface area contributed by atoms with Gasteiger partial charge in [-0.1, -0.05) is 12.1 Å². The maximum atomic E-state index is 11.2. The van der Waals surface area contributed by atoms with E-state index in [1.165, 1.54) is 0 Å². The first-order valence-electron chi connectivity index (χ1n) is 5.94. The van der Waals surface area contributed by atoms with Crippen molar-refractivity contribution < 1.29 is 9.90 Å². The lowest BCUT2D eigenvalue weighted by Crippen LogP contribution is -2.29. The van der Waals surface area contributed by atoms with E-state index in [1.54, 1.807) is 12.1 Å². The number of carboxylic acids is 1. The number of carbonyl (C=O) groups is 1. The fourth-order valence-electron chi connectivity index (χ4n) is 2.22. The Morgan fingerprint density at radius 3 is 2.61 bits per heavy atom. The number of anilines is 1. The maximum absolute atomic E-state index is 11.2. The summed E-state index contributed by atoms with van der Waals surface area (Å²) in [7, 11) is 2.10. The van der Waals surface area contributed by atoms with Crippen LogP contribution in [-0.4, -0.2) is 49.2 Å². The summed E-state index contributed by atoms with van der Waals surface area (Å²) < 4.78 is 0. The van der Waals surface area contributed by atoms with Crippen LogP contribution in [-0.2, 0) is 0 Å². The minimum absolute atomic E-state index is 0. The number of carboxylic acid groups (broad SMARTS) is 1. The Kier molecular flexibility index (Phi) is 5.44. The lowest BCUT2D eigenvalue weighted by Gasteiger charge is -2.24. The second kappa shape index (κ2) is 6.61. The molecule has 0 saturated carbocycles. The highest BCUT2D eigenvalue weighted by Crippen LogP contribution is 2.21. The summed E-state index contributed by atoms with van der Waals surface area (Å²) in [6.45, 7) is 3.87. The number of aromatic carboxylic acids is 1. The number of hydrogen-bond donors (Lipinski definition) is 1. The van der Waals surface area contributed by atoms with E-state index >= 15 is 0 Å². The molecule has 0 aliphatic carbocycles. The molecule has 1 aromatic rings. The van der Waals surface area contributed by atoms with Gasteiger partial charge in [0.05, 0.1) is 11.3 Å². The van der Waals surface area contributed by atoms with Crippen molar-refractivity contribution in [1.29, 1.82) is 0 Å². The highest BCUT2D eigenvalue weighted by Gasteiger charge is 2.17. The summed E-state index contributed by atoms with van der Waals surface area (Å²) in [6.07, 6.45) is 1.07. The van der Waals surface area contributed by atoms with E-state index in [1.807, 2.05) is 12.1 Å². The molecule has 100 valence electrons. The maximum Gasteiger partial charge on any atom is 0.337 e. The molecule has 5 heteroatoms. The van der Waals surface area contributed by atoms with Crippen LogP contribution in [0.5, 0.6) is 0 Å². The van der Waals surface area contributed by atoms with Crippen LogP contribution in [0.3, 0.4) is 0 Å². The fraction of sp³-hybridized carbons (Fsp3) is 0.462. The zero-order valence-electron chi connectivity index (χ0n) is 10.5. The second-order valence-electron chi connectivity index (χ2n) is 4.47. The van der Waals surface area contributed by atoms with Crippen LogP contribution in [0.1, 0.15) is 16.8 Å². The van der Waals surface area contributed by atoms with E-state index in [4.69, 9.17) is 0 Å². The number of rotatable bonds is 2. The molecule has 0 radical (unpaired) electrons. The Morgan fingerprint density at radius 1 is 1.17 bits per heavy atom. The largest absolute Gasteiger partial charge is 0.478 e. The quantitative estimate of drug-likeness (QED) is 0.892. The molecular weight excluding hydrogens is 252 g/mol. The molecule has 1 saturated heterocycles. The minimum Gasteiger partial charge on any atom is -0.478 e. The van der Waals surface area contributed by atoms with Crippen LogP contribution in [0.15, 0.2) is 24.3 Å². The van der Waals surface area contributed by atoms with Gasteiger partial charge in [-0.2, -0.15) is 0 Å². The van der Waals surface area contributed by atoms with Gasteiger partial charge < -0.3 is 14.9 Å². The van der Waals surface area contributed by atoms with E-state index in [-0.39, 0.29) is 12.4 Å². The van der Waals surface area contributed by atoms with Crippen molar-refractivity contribution in [1.82, 2.24) is 4.90 Å². The molecule has 1 fully saturated rings. The monoisotopic (exact) mass is 270 g/mol. The number of nitrogens with zero attached hydrogens (tertiary/aromatic N) is 2. The SMILES string of the molecule is CN1CCCN(c2ccccc2C(=O)O)CC1.Cl. The highest BCUT2D eigenvalue weighted by atomic mass is 35.5. The van der Waals surface area contributed by atoms with Gasteiger partial charge in [-0.3, -0.25) is 0 Å². The third-order valence-corrected chi connectivity index (χ3v) is 3.19. The van der Waals surface area contributed by atoms with Gasteiger partial charge in [-0.05, 0) is 32.1 Å². The molecule has 1 aliphatic rings. The molecule has 0 unspecified atom stereocenters. The number of para-hydroxylation sites is 1. The standard InChI is InChI=1S/C13H18N2O2.ClH/c1-14-7-4-8-15(10-9-14)12-6-3-2-5-11(12)13(16)17;/h2-3,5-6H,4,7-10H2,1H3,(H,16,17);1H. The van der Waals surface area contributed by atoms with Gasteiger partial charge in [0.2, 0.25) is 0 Å². The Bertz CT molecular complexity index is 412. The van der Waals surface area contributed by atoms with Crippen molar-refractivity contribution in [2.75, 3.05) is 38.1 Å². The van der Waals surface area contributed by atoms with Gasteiger partial charge in [0, 0.05) is 19.6 Å². The molecule has 1 heterocycles. The molecule has 4 nitrogen and oxygen atoms in total. The fourth-order valence-corrected chi connectivity index (χ4v) is 2.22. The number of benzene rings is 1. The van der Waals surface area contributed by atoms with Gasteiger partial charge in [-0.25, -0.2) is 4.79 Å². The third-order valence-electron chi connectivity index (χ3n) is 3.19. The lowest BCUT2D eigenvalue weighted by atomic mass is 10.1. The predicted molar refractivity (Wildman–Crippen MR) is 75.0 cm³/mol. The zero-order valence-corrected chi connectivity index (χ0v) is 11.3. The Hall–Kier alpha value is -1.26. The molecule has 0 aromatic heterocycles. The normalized spacial score (nSPS) is 16.8. The van der Waals surface area contributed by atoms with E-state index in [0.717, 1.165) is 38.3 Å². The van der Waals surface area contributed by atoms with Gasteiger partial charge in [-0.15, -0.1) is 12.4 Å². The van der Waals surface area contributed by atoms with Crippen molar-refractivity contribution in [3.63, 3.8) is 0 Å². The number of hydrogen-bond acceptors (Lipinski definition) is 3. The van der Waals surface area contributed by atoms with Crippen LogP contribution in [0.25, 0.3) is 0 Å². The first kappa shape index (κ1) is 14.8. The molecule has 1 aliphatic heterocycles. The molecular formula is C13H19ClN2O2. The van der Waals surface area contributed by atoms with Gasteiger partial charge >= 0.3 is 5.97 Å². The van der Waals surface area contributed by atoms with E-state index in [2.05, 4.69) is 16.8 Å². The van der Waals surface area contributed by atoms with Gasteiger partial charge in [0.15, 0.2) is 0 Å². The van der Waals surface area contributed by atoms with Gasteiger partial charge in [0.25, 0.3) is 0 Å². The molecule has 2 rings (SSSR count). The van der Waals surface area contributed by atoms with E-state index in [9.17, 15) is 9.90 Å². The molecule has 0 bridgehead atoms. The smallest absolute Gasteiger partial charge is 0.337 e. The summed E-state index contributed by atoms with van der Waals surface area (Å²) in [6, 6.07) is 7.24. The number of halogens is 1. The molecule has 18 heavy (non-hydrogen) atoms. The third kappa shape index (κ3) is 3.37. The van der Waals surface area contributed by atoms with Crippen molar-refractivity contribution in [2.24, 2.45) is 0 Å². The van der Waals surface area contributed by atoms with Crippen LogP contribution in [0, 0.1) is 0 Å². The van der Waals surface area contributed by atoms with Crippen molar-refractivity contribution in [3.8, 4) is 0 Å². The van der Waals surface area contributed by atoms with Crippen LogP contribution in [0.2, 0.25) is 0 Å². The molecule has 0 atom stereocenters. The lowest BCUT2D eigenvalue weighted by molar-refractivity contribution is 0.0697. The van der Waals surface area contributed by atoms with Gasteiger partial charge in [0.1, 0.15) is 0 Å². The zero-order chi connectivity index (χ0) is 12.3. The first-order chi connectivity index (χ1) is 8.18. The highest BCUT2D eigenvalue weighted by molar-refractivity contribution is 5.94. The van der Waals surface area contributed by atoms with E-state index in [0.29, 0.717) is 5.56 Å². The number of likely N-dealkylation sites (N-methyl/N-ethyl adjacent to an activating group) is 1. The average molecular weight is 271 g/mol. The first-order valence-corrected chi connectivity index (χ1v) is 5.94. The summed E-state index contributed by atoms with van der Waals surface area (Å²) >= 11 is 0. The topological polar surface area (TPSA) is 43.8 Å². The summed E-state index contributed by atoms with van der Waals surface area (Å²) in [4.78, 5) is 15.6. The summed E-state index contributed by atoms with van der Waals surface area (Å²) in [5, 5.41) is 9.18. The van der Waals surface area contributed by atoms with Crippen LogP contribution >= 0.6 is 12.4 Å². The Labute approximate surface area is 114 Å². The molecule has 1 N–H and O–H groups in total. The Balaban J connectivity index is 0.00000162. The van der Waals surface area contributed by atoms with Crippen molar-refractivity contribution >= 4 is 24.1 Å². The predicted octanol–water partition coefficient (Wildman–Crippen LogP) is 1.95. The van der Waals surface area contributed by atoms with Crippen LogP contribution < -0.4 is 4.90 Å². The molecule has 0 amide bonds. The van der Waals surface area contributed by atoms with E-state index < -0.39 is 5.97 Å². The second-order valence-corrected chi connectivity index (χ2v) is 4.47.